The normalized spacial score (nSPS) is 12.7. The monoisotopic (exact) mass is 542 g/mol. The van der Waals surface area contributed by atoms with E-state index in [1.807, 2.05) is 43.3 Å². The van der Waals surface area contributed by atoms with Crippen molar-refractivity contribution in [2.45, 2.75) is 110 Å². The molecule has 0 amide bonds. The van der Waals surface area contributed by atoms with Gasteiger partial charge >= 0.3 is 5.97 Å². The first kappa shape index (κ1) is 31.6. The van der Waals surface area contributed by atoms with Crippen LogP contribution in [0.5, 0.6) is 5.75 Å². The van der Waals surface area contributed by atoms with Gasteiger partial charge in [0.1, 0.15) is 5.75 Å². The van der Waals surface area contributed by atoms with Crippen molar-refractivity contribution in [3.05, 3.63) is 89.5 Å². The van der Waals surface area contributed by atoms with Gasteiger partial charge in [0.25, 0.3) is 0 Å². The van der Waals surface area contributed by atoms with E-state index in [1.165, 1.54) is 63.4 Å². The van der Waals surface area contributed by atoms with Crippen molar-refractivity contribution in [3.8, 4) is 16.9 Å². The first-order chi connectivity index (χ1) is 19.6. The van der Waals surface area contributed by atoms with Gasteiger partial charge < -0.3 is 9.47 Å². The molecule has 0 bridgehead atoms. The van der Waals surface area contributed by atoms with Crippen molar-refractivity contribution in [2.24, 2.45) is 0 Å². The molecule has 0 saturated heterocycles. The van der Waals surface area contributed by atoms with E-state index in [2.05, 4.69) is 50.2 Å². The number of carbonyl (C=O) groups is 1. The zero-order valence-electron chi connectivity index (χ0n) is 25.3. The largest absolute Gasteiger partial charge is 0.423 e. The van der Waals surface area contributed by atoms with Gasteiger partial charge in [-0.3, -0.25) is 0 Å². The summed E-state index contributed by atoms with van der Waals surface area (Å²) in [6.07, 6.45) is 15.5. The molecule has 0 aromatic heterocycles. The molecule has 0 aliphatic rings. The molecule has 2 unspecified atom stereocenters. The summed E-state index contributed by atoms with van der Waals surface area (Å²) < 4.78 is 11.4. The summed E-state index contributed by atoms with van der Waals surface area (Å²) in [5, 5.41) is 0. The molecule has 0 fully saturated rings. The Morgan fingerprint density at radius 1 is 0.675 bits per heavy atom. The van der Waals surface area contributed by atoms with E-state index in [0.29, 0.717) is 17.2 Å². The maximum absolute atomic E-state index is 13.1. The Hall–Kier alpha value is -2.91. The highest BCUT2D eigenvalue weighted by atomic mass is 16.5. The zero-order valence-corrected chi connectivity index (χ0v) is 25.3. The van der Waals surface area contributed by atoms with Crippen LogP contribution < -0.4 is 4.74 Å². The summed E-state index contributed by atoms with van der Waals surface area (Å²) in [7, 11) is 1.72. The zero-order chi connectivity index (χ0) is 28.6. The minimum absolute atomic E-state index is 0.0658. The van der Waals surface area contributed by atoms with Crippen LogP contribution in [0.1, 0.15) is 131 Å². The molecule has 3 heteroatoms. The van der Waals surface area contributed by atoms with Crippen LogP contribution in [0.3, 0.4) is 0 Å². The summed E-state index contributed by atoms with van der Waals surface area (Å²) in [5.41, 5.74) is 5.05. The van der Waals surface area contributed by atoms with E-state index in [0.717, 1.165) is 36.0 Å². The van der Waals surface area contributed by atoms with Crippen LogP contribution in [0.4, 0.5) is 0 Å². The summed E-state index contributed by atoms with van der Waals surface area (Å²) >= 11 is 0. The maximum Gasteiger partial charge on any atom is 0.343 e. The number of methoxy groups -OCH3 is 1. The number of unbranched alkanes of at least 4 members (excludes halogenated alkanes) is 8. The minimum Gasteiger partial charge on any atom is -0.423 e. The van der Waals surface area contributed by atoms with E-state index in [4.69, 9.17) is 9.47 Å². The molecular weight excluding hydrogens is 492 g/mol. The van der Waals surface area contributed by atoms with Gasteiger partial charge in [-0.25, -0.2) is 4.79 Å². The third kappa shape index (κ3) is 9.93. The molecule has 40 heavy (non-hydrogen) atoms. The summed E-state index contributed by atoms with van der Waals surface area (Å²) in [6.45, 7) is 6.55. The van der Waals surface area contributed by atoms with Crippen LogP contribution in [-0.4, -0.2) is 13.1 Å². The van der Waals surface area contributed by atoms with Gasteiger partial charge in [0.15, 0.2) is 0 Å². The van der Waals surface area contributed by atoms with Gasteiger partial charge in [-0.15, -0.1) is 0 Å². The SMILES string of the molecule is CCCCCCCCCCCC(CCC)c1ccccc1OC(=O)c1ccc(-c2ccc(C(C)OC)cc2)cc1. The van der Waals surface area contributed by atoms with Crippen LogP contribution in [0.2, 0.25) is 0 Å². The molecule has 3 nitrogen and oxygen atoms in total. The number of hydrogen-bond acceptors (Lipinski definition) is 3. The molecule has 3 rings (SSSR count). The molecular formula is C37H50O3. The molecule has 0 heterocycles. The van der Waals surface area contributed by atoms with Crippen molar-refractivity contribution in [1.29, 1.82) is 0 Å². The highest BCUT2D eigenvalue weighted by molar-refractivity contribution is 5.91. The number of hydrogen-bond donors (Lipinski definition) is 0. The Labute approximate surface area is 243 Å². The Morgan fingerprint density at radius 3 is 1.85 bits per heavy atom. The lowest BCUT2D eigenvalue weighted by Crippen LogP contribution is -2.11. The Morgan fingerprint density at radius 2 is 1.25 bits per heavy atom. The van der Waals surface area contributed by atoms with Crippen LogP contribution in [0.15, 0.2) is 72.8 Å². The van der Waals surface area contributed by atoms with Crippen LogP contribution >= 0.6 is 0 Å². The third-order valence-electron chi connectivity index (χ3n) is 8.04. The van der Waals surface area contributed by atoms with E-state index < -0.39 is 0 Å². The highest BCUT2D eigenvalue weighted by Crippen LogP contribution is 2.34. The van der Waals surface area contributed by atoms with E-state index >= 15 is 0 Å². The fourth-order valence-corrected chi connectivity index (χ4v) is 5.46. The first-order valence-corrected chi connectivity index (χ1v) is 15.6. The second-order valence-corrected chi connectivity index (χ2v) is 11.1. The molecule has 2 atom stereocenters. The van der Waals surface area contributed by atoms with E-state index in [-0.39, 0.29) is 12.1 Å². The molecule has 0 aliphatic heterocycles. The lowest BCUT2D eigenvalue weighted by molar-refractivity contribution is 0.0732. The number of para-hydroxylation sites is 1. The van der Waals surface area contributed by atoms with Crippen molar-refractivity contribution >= 4 is 5.97 Å². The van der Waals surface area contributed by atoms with Gasteiger partial charge in [0, 0.05) is 7.11 Å². The number of ether oxygens (including phenoxy) is 2. The number of rotatable bonds is 18. The number of esters is 1. The topological polar surface area (TPSA) is 35.5 Å². The molecule has 3 aromatic rings. The minimum atomic E-state index is -0.304. The van der Waals surface area contributed by atoms with E-state index in [1.54, 1.807) is 7.11 Å². The van der Waals surface area contributed by atoms with Crippen LogP contribution in [0.25, 0.3) is 11.1 Å². The molecule has 0 spiro atoms. The van der Waals surface area contributed by atoms with Gasteiger partial charge in [-0.05, 0) is 66.1 Å². The molecule has 0 aliphatic carbocycles. The Kier molecular flexibility index (Phi) is 14.0. The molecule has 216 valence electrons. The molecule has 0 saturated carbocycles. The first-order valence-electron chi connectivity index (χ1n) is 15.6. The molecule has 3 aromatic carbocycles. The van der Waals surface area contributed by atoms with Crippen molar-refractivity contribution in [1.82, 2.24) is 0 Å². The summed E-state index contributed by atoms with van der Waals surface area (Å²) in [4.78, 5) is 13.1. The summed E-state index contributed by atoms with van der Waals surface area (Å²) in [5.74, 6) is 0.820. The van der Waals surface area contributed by atoms with Gasteiger partial charge in [0.2, 0.25) is 0 Å². The Balaban J connectivity index is 1.58. The van der Waals surface area contributed by atoms with Gasteiger partial charge in [0.05, 0.1) is 11.7 Å². The fraction of sp³-hybridized carbons (Fsp3) is 0.486. The lowest BCUT2D eigenvalue weighted by Gasteiger charge is -2.20. The number of benzene rings is 3. The third-order valence-corrected chi connectivity index (χ3v) is 8.04. The van der Waals surface area contributed by atoms with Crippen molar-refractivity contribution in [2.75, 3.05) is 7.11 Å². The fourth-order valence-electron chi connectivity index (χ4n) is 5.46. The van der Waals surface area contributed by atoms with Gasteiger partial charge in [-0.2, -0.15) is 0 Å². The second-order valence-electron chi connectivity index (χ2n) is 11.1. The smallest absolute Gasteiger partial charge is 0.343 e. The highest BCUT2D eigenvalue weighted by Gasteiger charge is 2.18. The quantitative estimate of drug-likeness (QED) is 0.0911. The maximum atomic E-state index is 13.1. The summed E-state index contributed by atoms with van der Waals surface area (Å²) in [6, 6.07) is 24.2. The predicted octanol–water partition coefficient (Wildman–Crippen LogP) is 11.1. The average Bonchev–Trinajstić information content (AvgIpc) is 3.00. The molecule has 0 radical (unpaired) electrons. The van der Waals surface area contributed by atoms with Crippen LogP contribution in [0, 0.1) is 0 Å². The Bertz CT molecular complexity index is 1120. The van der Waals surface area contributed by atoms with E-state index in [9.17, 15) is 4.79 Å². The van der Waals surface area contributed by atoms with Gasteiger partial charge in [-0.1, -0.05) is 133 Å². The van der Waals surface area contributed by atoms with Crippen LogP contribution in [-0.2, 0) is 4.74 Å². The average molecular weight is 543 g/mol. The standard InChI is InChI=1S/C37H50O3/c1-5-7-8-9-10-11-12-13-14-18-33(17-6-2)35-19-15-16-20-36(35)40-37(38)34-27-25-32(26-28-34)31-23-21-30(22-24-31)29(3)39-4/h15-16,19-29,33H,5-14,17-18H2,1-4H3. The van der Waals surface area contributed by atoms with Crippen molar-refractivity contribution in [3.63, 3.8) is 0 Å². The predicted molar refractivity (Wildman–Crippen MR) is 168 cm³/mol. The lowest BCUT2D eigenvalue weighted by atomic mass is 9.88. The number of carbonyl (C=O) groups excluding carboxylic acids is 1. The van der Waals surface area contributed by atoms with Crippen molar-refractivity contribution < 1.29 is 14.3 Å². The molecule has 0 N–H and O–H groups in total. The second kappa shape index (κ2) is 17.7.